The van der Waals surface area contributed by atoms with Gasteiger partial charge >= 0.3 is 12.1 Å². The summed E-state index contributed by atoms with van der Waals surface area (Å²) in [5.41, 5.74) is 5.48. The van der Waals surface area contributed by atoms with Gasteiger partial charge in [-0.3, -0.25) is 0 Å². The molecule has 0 saturated carbocycles. The molecule has 0 unspecified atom stereocenters. The fraction of sp³-hybridized carbons (Fsp3) is 0.800. The molecule has 0 aliphatic carbocycles. The van der Waals surface area contributed by atoms with Crippen molar-refractivity contribution in [2.45, 2.75) is 39.7 Å². The normalized spacial score (nSPS) is 12.3. The predicted molar refractivity (Wildman–Crippen MR) is 55.2 cm³/mol. The molecular weight excluding hydrogens is 198 g/mol. The lowest BCUT2D eigenvalue weighted by Crippen LogP contribution is -2.38. The summed E-state index contributed by atoms with van der Waals surface area (Å²) >= 11 is 0. The van der Waals surface area contributed by atoms with Crippen LogP contribution < -0.4 is 5.73 Å². The summed E-state index contributed by atoms with van der Waals surface area (Å²) in [6.45, 7) is 5.77. The molecule has 15 heavy (non-hydrogen) atoms. The number of nitrogens with two attached hydrogens (primary N) is 1. The minimum absolute atomic E-state index is 0.0686. The van der Waals surface area contributed by atoms with Crippen molar-refractivity contribution in [2.75, 3.05) is 6.61 Å². The Kier molecular flexibility index (Phi) is 6.70. The van der Waals surface area contributed by atoms with Gasteiger partial charge in [0, 0.05) is 0 Å². The van der Waals surface area contributed by atoms with Gasteiger partial charge in [-0.05, 0) is 12.3 Å². The molecule has 0 aliphatic rings. The molecule has 0 fully saturated rings. The summed E-state index contributed by atoms with van der Waals surface area (Å²) in [6.07, 6.45) is 0.691. The van der Waals surface area contributed by atoms with Crippen LogP contribution in [0.1, 0.15) is 33.6 Å². The van der Waals surface area contributed by atoms with E-state index in [2.05, 4.69) is 9.47 Å². The molecule has 5 heteroatoms. The third-order valence-electron chi connectivity index (χ3n) is 1.89. The molecule has 0 spiro atoms. The zero-order valence-electron chi connectivity index (χ0n) is 9.49. The van der Waals surface area contributed by atoms with E-state index in [1.807, 2.05) is 6.92 Å². The first-order valence-corrected chi connectivity index (χ1v) is 5.13. The van der Waals surface area contributed by atoms with Crippen molar-refractivity contribution >= 4 is 12.1 Å². The molecule has 5 nitrogen and oxygen atoms in total. The van der Waals surface area contributed by atoms with Crippen LogP contribution in [0.15, 0.2) is 0 Å². The van der Waals surface area contributed by atoms with Gasteiger partial charge in [-0.25, -0.2) is 9.59 Å². The smallest absolute Gasteiger partial charge is 0.434 e. The maximum Gasteiger partial charge on any atom is 0.516 e. The highest BCUT2D eigenvalue weighted by Gasteiger charge is 2.22. The molecule has 0 aromatic rings. The maximum atomic E-state index is 11.2. The highest BCUT2D eigenvalue weighted by Crippen LogP contribution is 2.01. The van der Waals surface area contributed by atoms with Gasteiger partial charge in [0.05, 0.1) is 6.61 Å². The van der Waals surface area contributed by atoms with Crippen LogP contribution in [0, 0.1) is 5.92 Å². The van der Waals surface area contributed by atoms with Crippen molar-refractivity contribution in [1.82, 2.24) is 0 Å². The SMILES string of the molecule is CCCCOC(=O)OC(=O)[C@@H](N)C(C)C. The van der Waals surface area contributed by atoms with Gasteiger partial charge in [-0.1, -0.05) is 27.2 Å². The number of hydrogen-bond donors (Lipinski definition) is 1. The van der Waals surface area contributed by atoms with Gasteiger partial charge in [0.1, 0.15) is 6.04 Å². The van der Waals surface area contributed by atoms with E-state index in [9.17, 15) is 9.59 Å². The minimum Gasteiger partial charge on any atom is -0.434 e. The van der Waals surface area contributed by atoms with Crippen LogP contribution in [0.5, 0.6) is 0 Å². The average Bonchev–Trinajstić information content (AvgIpc) is 2.16. The summed E-state index contributed by atoms with van der Waals surface area (Å²) < 4.78 is 9.04. The van der Waals surface area contributed by atoms with E-state index in [4.69, 9.17) is 5.73 Å². The Labute approximate surface area is 89.9 Å². The Bertz CT molecular complexity index is 215. The standard InChI is InChI=1S/C10H19NO4/c1-4-5-6-14-10(13)15-9(12)8(11)7(2)3/h7-8H,4-6,11H2,1-3H3/t8-/m0/s1. The Morgan fingerprint density at radius 1 is 1.33 bits per heavy atom. The topological polar surface area (TPSA) is 78.6 Å². The summed E-state index contributed by atoms with van der Waals surface area (Å²) in [4.78, 5) is 22.1. The molecule has 0 aromatic heterocycles. The van der Waals surface area contributed by atoms with E-state index < -0.39 is 18.2 Å². The van der Waals surface area contributed by atoms with Crippen molar-refractivity contribution in [2.24, 2.45) is 11.7 Å². The van der Waals surface area contributed by atoms with Crippen molar-refractivity contribution < 1.29 is 19.1 Å². The summed E-state index contributed by atoms with van der Waals surface area (Å²) in [7, 11) is 0. The van der Waals surface area contributed by atoms with Crippen LogP contribution in [-0.2, 0) is 14.3 Å². The van der Waals surface area contributed by atoms with Crippen LogP contribution in [0.4, 0.5) is 4.79 Å². The van der Waals surface area contributed by atoms with Gasteiger partial charge in [0.2, 0.25) is 0 Å². The first-order valence-electron chi connectivity index (χ1n) is 5.13. The van der Waals surface area contributed by atoms with Crippen molar-refractivity contribution in [3.05, 3.63) is 0 Å². The molecule has 2 N–H and O–H groups in total. The fourth-order valence-corrected chi connectivity index (χ4v) is 0.752. The van der Waals surface area contributed by atoms with E-state index in [0.29, 0.717) is 0 Å². The number of hydrogen-bond acceptors (Lipinski definition) is 5. The largest absolute Gasteiger partial charge is 0.516 e. The monoisotopic (exact) mass is 217 g/mol. The quantitative estimate of drug-likeness (QED) is 0.428. The second-order valence-electron chi connectivity index (χ2n) is 3.64. The predicted octanol–water partition coefficient (Wildman–Crippen LogP) is 1.45. The lowest BCUT2D eigenvalue weighted by molar-refractivity contribution is -0.142. The number of carbonyl (C=O) groups excluding carboxylic acids is 2. The number of rotatable bonds is 5. The third-order valence-corrected chi connectivity index (χ3v) is 1.89. The summed E-state index contributed by atoms with van der Waals surface area (Å²) in [6, 6.07) is -0.788. The maximum absolute atomic E-state index is 11.2. The van der Waals surface area contributed by atoms with E-state index in [1.54, 1.807) is 13.8 Å². The number of unbranched alkanes of at least 4 members (excludes halogenated alkanes) is 1. The zero-order valence-corrected chi connectivity index (χ0v) is 9.49. The third kappa shape index (κ3) is 6.06. The van der Waals surface area contributed by atoms with E-state index in [0.717, 1.165) is 12.8 Å². The molecular formula is C10H19NO4. The number of carbonyl (C=O) groups is 2. The minimum atomic E-state index is -0.968. The van der Waals surface area contributed by atoms with Crippen molar-refractivity contribution in [1.29, 1.82) is 0 Å². The van der Waals surface area contributed by atoms with Crippen molar-refractivity contribution in [3.8, 4) is 0 Å². The highest BCUT2D eigenvalue weighted by molar-refractivity contribution is 5.85. The summed E-state index contributed by atoms with van der Waals surface area (Å²) in [5, 5.41) is 0. The summed E-state index contributed by atoms with van der Waals surface area (Å²) in [5.74, 6) is -0.813. The Hall–Kier alpha value is -1.10. The Balaban J connectivity index is 3.81. The highest BCUT2D eigenvalue weighted by atomic mass is 16.7. The van der Waals surface area contributed by atoms with Crippen LogP contribution in [0.3, 0.4) is 0 Å². The average molecular weight is 217 g/mol. The lowest BCUT2D eigenvalue weighted by Gasteiger charge is -2.12. The molecule has 0 saturated heterocycles. The number of esters is 1. The number of ether oxygens (including phenoxy) is 2. The van der Waals surface area contributed by atoms with Gasteiger partial charge < -0.3 is 15.2 Å². The van der Waals surface area contributed by atoms with Crippen LogP contribution in [0.25, 0.3) is 0 Å². The van der Waals surface area contributed by atoms with E-state index in [-0.39, 0.29) is 12.5 Å². The zero-order chi connectivity index (χ0) is 11.8. The van der Waals surface area contributed by atoms with Gasteiger partial charge in [-0.15, -0.1) is 0 Å². The second kappa shape index (κ2) is 7.23. The second-order valence-corrected chi connectivity index (χ2v) is 3.64. The van der Waals surface area contributed by atoms with Gasteiger partial charge in [0.15, 0.2) is 0 Å². The lowest BCUT2D eigenvalue weighted by atomic mass is 10.1. The molecule has 0 heterocycles. The van der Waals surface area contributed by atoms with Crippen molar-refractivity contribution in [3.63, 3.8) is 0 Å². The molecule has 0 amide bonds. The first-order chi connectivity index (χ1) is 6.99. The molecule has 1 atom stereocenters. The van der Waals surface area contributed by atoms with Gasteiger partial charge in [-0.2, -0.15) is 0 Å². The Morgan fingerprint density at radius 3 is 2.40 bits per heavy atom. The molecule has 88 valence electrons. The molecule has 0 bridgehead atoms. The molecule has 0 aliphatic heterocycles. The van der Waals surface area contributed by atoms with Crippen LogP contribution in [0.2, 0.25) is 0 Å². The van der Waals surface area contributed by atoms with E-state index in [1.165, 1.54) is 0 Å². The molecule has 0 radical (unpaired) electrons. The van der Waals surface area contributed by atoms with Crippen LogP contribution >= 0.6 is 0 Å². The fourth-order valence-electron chi connectivity index (χ4n) is 0.752. The molecule has 0 aromatic carbocycles. The van der Waals surface area contributed by atoms with Gasteiger partial charge in [0.25, 0.3) is 0 Å². The first kappa shape index (κ1) is 13.9. The molecule has 0 rings (SSSR count). The Morgan fingerprint density at radius 2 is 1.93 bits per heavy atom. The van der Waals surface area contributed by atoms with E-state index >= 15 is 0 Å². The van der Waals surface area contributed by atoms with Crippen LogP contribution in [-0.4, -0.2) is 24.8 Å².